The molecule has 0 aromatic carbocycles. The van der Waals surface area contributed by atoms with Crippen LogP contribution >= 0.6 is 0 Å². The van der Waals surface area contributed by atoms with E-state index in [-0.39, 0.29) is 10.7 Å². The third-order valence-corrected chi connectivity index (χ3v) is 7.19. The second kappa shape index (κ2) is 5.36. The Kier molecular flexibility index (Phi) is 4.32. The lowest BCUT2D eigenvalue weighted by Crippen LogP contribution is -2.38. The van der Waals surface area contributed by atoms with E-state index in [1.54, 1.807) is 13.8 Å². The maximum absolute atomic E-state index is 12.0. The van der Waals surface area contributed by atoms with E-state index in [1.807, 2.05) is 0 Å². The molecule has 112 valence electrons. The average Bonchev–Trinajstić information content (AvgIpc) is 2.93. The van der Waals surface area contributed by atoms with Crippen LogP contribution in [0.15, 0.2) is 0 Å². The summed E-state index contributed by atoms with van der Waals surface area (Å²) in [5, 5.41) is 3.30. The number of nitrogens with one attached hydrogen (secondary N) is 1. The predicted octanol–water partition coefficient (Wildman–Crippen LogP) is 2.61. The quantitative estimate of drug-likeness (QED) is 0.783. The first-order valence-corrected chi connectivity index (χ1v) is 9.41. The van der Waals surface area contributed by atoms with Gasteiger partial charge in [0.25, 0.3) is 0 Å². The summed E-state index contributed by atoms with van der Waals surface area (Å²) in [6.07, 6.45) is 4.72. The van der Waals surface area contributed by atoms with E-state index in [0.717, 1.165) is 24.8 Å². The van der Waals surface area contributed by atoms with Gasteiger partial charge in [0.2, 0.25) is 0 Å². The van der Waals surface area contributed by atoms with Gasteiger partial charge in [-0.25, -0.2) is 8.42 Å². The van der Waals surface area contributed by atoms with E-state index in [9.17, 15) is 8.42 Å². The molecule has 0 heterocycles. The molecule has 2 unspecified atom stereocenters. The van der Waals surface area contributed by atoms with E-state index in [2.05, 4.69) is 19.2 Å². The third kappa shape index (κ3) is 3.72. The second-order valence-corrected chi connectivity index (χ2v) is 10.0. The number of fused-ring (bicyclic) bond motifs is 1. The molecule has 2 saturated carbocycles. The van der Waals surface area contributed by atoms with Crippen LogP contribution in [0.25, 0.3) is 0 Å². The smallest absolute Gasteiger partial charge is 0.152 e. The number of hydrogen-bond acceptors (Lipinski definition) is 3. The molecule has 0 aromatic heterocycles. The molecule has 0 radical (unpaired) electrons. The molecule has 2 aliphatic rings. The van der Waals surface area contributed by atoms with E-state index in [4.69, 9.17) is 0 Å². The molecule has 2 rings (SSSR count). The standard InChI is InChI=1S/C15H29NO2S/c1-11(2)16-10-15(8-13-7-14(13)9-15)5-6-19(17,18)12(3)4/h11-14,16H,5-10H2,1-4H3. The fraction of sp³-hybridized carbons (Fsp3) is 1.00. The molecule has 19 heavy (non-hydrogen) atoms. The van der Waals surface area contributed by atoms with Crippen molar-refractivity contribution in [2.24, 2.45) is 17.3 Å². The van der Waals surface area contributed by atoms with Crippen LogP contribution in [0.3, 0.4) is 0 Å². The Labute approximate surface area is 118 Å². The summed E-state index contributed by atoms with van der Waals surface area (Å²) < 4.78 is 24.1. The largest absolute Gasteiger partial charge is 0.314 e. The molecule has 2 fully saturated rings. The zero-order valence-electron chi connectivity index (χ0n) is 12.8. The van der Waals surface area contributed by atoms with Crippen LogP contribution in [0.4, 0.5) is 0 Å². The molecule has 3 nitrogen and oxygen atoms in total. The second-order valence-electron chi connectivity index (χ2n) is 7.37. The molecule has 4 heteroatoms. The van der Waals surface area contributed by atoms with Crippen molar-refractivity contribution in [3.8, 4) is 0 Å². The molecule has 0 amide bonds. The Balaban J connectivity index is 1.95. The Morgan fingerprint density at radius 2 is 1.74 bits per heavy atom. The average molecular weight is 287 g/mol. The maximum atomic E-state index is 12.0. The van der Waals surface area contributed by atoms with E-state index < -0.39 is 9.84 Å². The third-order valence-electron chi connectivity index (χ3n) is 4.98. The molecule has 0 aromatic rings. The van der Waals surface area contributed by atoms with Crippen molar-refractivity contribution in [2.45, 2.75) is 64.7 Å². The van der Waals surface area contributed by atoms with Crippen LogP contribution in [0.1, 0.15) is 53.4 Å². The highest BCUT2D eigenvalue weighted by Gasteiger charge is 2.53. The molecular formula is C15H29NO2S. The van der Waals surface area contributed by atoms with Gasteiger partial charge in [0.15, 0.2) is 9.84 Å². The summed E-state index contributed by atoms with van der Waals surface area (Å²) in [5.41, 5.74) is 0.250. The monoisotopic (exact) mass is 287 g/mol. The molecule has 0 saturated heterocycles. The van der Waals surface area contributed by atoms with Gasteiger partial charge in [-0.2, -0.15) is 0 Å². The predicted molar refractivity (Wildman–Crippen MR) is 79.9 cm³/mol. The van der Waals surface area contributed by atoms with E-state index >= 15 is 0 Å². The topological polar surface area (TPSA) is 46.2 Å². The molecule has 0 bridgehead atoms. The Hall–Kier alpha value is -0.0900. The van der Waals surface area contributed by atoms with Crippen molar-refractivity contribution in [3.05, 3.63) is 0 Å². The highest BCUT2D eigenvalue weighted by atomic mass is 32.2. The Morgan fingerprint density at radius 1 is 1.16 bits per heavy atom. The lowest BCUT2D eigenvalue weighted by atomic mass is 9.80. The first-order valence-electron chi connectivity index (χ1n) is 7.69. The molecule has 1 N–H and O–H groups in total. The van der Waals surface area contributed by atoms with Gasteiger partial charge >= 0.3 is 0 Å². The van der Waals surface area contributed by atoms with E-state index in [0.29, 0.717) is 11.8 Å². The maximum Gasteiger partial charge on any atom is 0.152 e. The van der Waals surface area contributed by atoms with Crippen molar-refractivity contribution in [2.75, 3.05) is 12.3 Å². The molecule has 0 aliphatic heterocycles. The number of hydrogen-bond donors (Lipinski definition) is 1. The van der Waals surface area contributed by atoms with Crippen molar-refractivity contribution < 1.29 is 8.42 Å². The zero-order valence-corrected chi connectivity index (χ0v) is 13.6. The van der Waals surface area contributed by atoms with Crippen LogP contribution in [-0.4, -0.2) is 32.0 Å². The van der Waals surface area contributed by atoms with Gasteiger partial charge in [-0.05, 0) is 56.8 Å². The van der Waals surface area contributed by atoms with Gasteiger partial charge in [0, 0.05) is 12.6 Å². The molecule has 0 spiro atoms. The van der Waals surface area contributed by atoms with Crippen molar-refractivity contribution in [3.63, 3.8) is 0 Å². The minimum atomic E-state index is -2.89. The zero-order chi connectivity index (χ0) is 14.3. The van der Waals surface area contributed by atoms with Gasteiger partial charge in [-0.1, -0.05) is 13.8 Å². The van der Waals surface area contributed by atoms with Crippen LogP contribution in [0.2, 0.25) is 0 Å². The normalized spacial score (nSPS) is 34.0. The molecular weight excluding hydrogens is 258 g/mol. The highest BCUT2D eigenvalue weighted by molar-refractivity contribution is 7.91. The first-order chi connectivity index (χ1) is 8.74. The van der Waals surface area contributed by atoms with Crippen LogP contribution in [0, 0.1) is 17.3 Å². The summed E-state index contributed by atoms with van der Waals surface area (Å²) in [4.78, 5) is 0. The summed E-state index contributed by atoms with van der Waals surface area (Å²) in [6.45, 7) is 8.90. The van der Waals surface area contributed by atoms with Crippen LogP contribution in [-0.2, 0) is 9.84 Å². The van der Waals surface area contributed by atoms with E-state index in [1.165, 1.54) is 19.3 Å². The highest BCUT2D eigenvalue weighted by Crippen LogP contribution is 2.61. The van der Waals surface area contributed by atoms with Crippen LogP contribution in [0.5, 0.6) is 0 Å². The summed E-state index contributed by atoms with van der Waals surface area (Å²) >= 11 is 0. The molecule has 2 atom stereocenters. The van der Waals surface area contributed by atoms with Crippen molar-refractivity contribution in [1.82, 2.24) is 5.32 Å². The summed E-state index contributed by atoms with van der Waals surface area (Å²) in [5.74, 6) is 2.16. The van der Waals surface area contributed by atoms with Gasteiger partial charge in [-0.15, -0.1) is 0 Å². The van der Waals surface area contributed by atoms with Gasteiger partial charge in [0.1, 0.15) is 0 Å². The SMILES string of the molecule is CC(C)NCC1(CCS(=O)(=O)C(C)C)CC2CC2C1. The van der Waals surface area contributed by atoms with Gasteiger partial charge in [0.05, 0.1) is 11.0 Å². The number of rotatable bonds is 7. The lowest BCUT2D eigenvalue weighted by molar-refractivity contribution is 0.235. The van der Waals surface area contributed by atoms with Gasteiger partial charge in [-0.3, -0.25) is 0 Å². The van der Waals surface area contributed by atoms with Gasteiger partial charge < -0.3 is 5.32 Å². The Morgan fingerprint density at radius 3 is 2.21 bits per heavy atom. The fourth-order valence-corrected chi connectivity index (χ4v) is 4.65. The Bertz CT molecular complexity index is 404. The number of sulfone groups is 1. The first kappa shape index (κ1) is 15.3. The summed E-state index contributed by atoms with van der Waals surface area (Å²) in [6, 6.07) is 0.482. The summed E-state index contributed by atoms with van der Waals surface area (Å²) in [7, 11) is -2.89. The minimum Gasteiger partial charge on any atom is -0.314 e. The minimum absolute atomic E-state index is 0.237. The van der Waals surface area contributed by atoms with Crippen molar-refractivity contribution >= 4 is 9.84 Å². The lowest BCUT2D eigenvalue weighted by Gasteiger charge is -2.32. The molecule has 2 aliphatic carbocycles. The van der Waals surface area contributed by atoms with Crippen LogP contribution < -0.4 is 5.32 Å². The van der Waals surface area contributed by atoms with Crippen molar-refractivity contribution in [1.29, 1.82) is 0 Å². The fourth-order valence-electron chi connectivity index (χ4n) is 3.46.